The maximum atomic E-state index is 12.4. The second-order valence-corrected chi connectivity index (χ2v) is 6.87. The Morgan fingerprint density at radius 2 is 2.11 bits per heavy atom. The van der Waals surface area contributed by atoms with Crippen molar-refractivity contribution in [2.75, 3.05) is 13.1 Å². The maximum absolute atomic E-state index is 12.4. The van der Waals surface area contributed by atoms with Crippen molar-refractivity contribution in [3.05, 3.63) is 35.2 Å². The Balaban J connectivity index is 1.88. The highest BCUT2D eigenvalue weighted by Crippen LogP contribution is 2.32. The third-order valence-electron chi connectivity index (χ3n) is 3.60. The maximum Gasteiger partial charge on any atom is 0.263 e. The molecule has 1 saturated heterocycles. The number of nitrogens with zero attached hydrogens (tertiary/aromatic N) is 1. The molecule has 2 heterocycles. The fourth-order valence-corrected chi connectivity index (χ4v) is 3.56. The molecule has 1 fully saturated rings. The Labute approximate surface area is 111 Å². The molecule has 1 amide bonds. The topological polar surface area (TPSA) is 20.3 Å². The number of rotatable bonds is 1. The van der Waals surface area contributed by atoms with Gasteiger partial charge in [-0.2, -0.15) is 0 Å². The molecular weight excluding hydrogens is 242 g/mol. The minimum Gasteiger partial charge on any atom is -0.337 e. The molecule has 18 heavy (non-hydrogen) atoms. The number of hydrogen-bond acceptors (Lipinski definition) is 2. The lowest BCUT2D eigenvalue weighted by Crippen LogP contribution is -2.29. The molecule has 0 bridgehead atoms. The molecule has 1 aromatic heterocycles. The average molecular weight is 259 g/mol. The summed E-state index contributed by atoms with van der Waals surface area (Å²) in [6, 6.07) is 10.2. The number of carbonyl (C=O) groups is 1. The highest BCUT2D eigenvalue weighted by atomic mass is 32.1. The highest BCUT2D eigenvalue weighted by molar-refractivity contribution is 7.20. The van der Waals surface area contributed by atoms with Gasteiger partial charge in [-0.05, 0) is 29.4 Å². The van der Waals surface area contributed by atoms with E-state index >= 15 is 0 Å². The first-order valence-electron chi connectivity index (χ1n) is 6.33. The molecule has 0 spiro atoms. The van der Waals surface area contributed by atoms with Gasteiger partial charge >= 0.3 is 0 Å². The molecule has 94 valence electrons. The van der Waals surface area contributed by atoms with Crippen LogP contribution in [0.25, 0.3) is 10.1 Å². The summed E-state index contributed by atoms with van der Waals surface area (Å²) in [6.45, 7) is 6.22. The quantitative estimate of drug-likeness (QED) is 0.763. The van der Waals surface area contributed by atoms with E-state index < -0.39 is 0 Å². The smallest absolute Gasteiger partial charge is 0.263 e. The molecule has 1 aliphatic rings. The lowest BCUT2D eigenvalue weighted by atomic mass is 9.93. The number of hydrogen-bond donors (Lipinski definition) is 0. The Hall–Kier alpha value is -1.35. The molecule has 0 aliphatic carbocycles. The van der Waals surface area contributed by atoms with Crippen molar-refractivity contribution in [3.8, 4) is 0 Å². The van der Waals surface area contributed by atoms with E-state index in [9.17, 15) is 4.79 Å². The number of amides is 1. The first-order chi connectivity index (χ1) is 8.55. The van der Waals surface area contributed by atoms with Gasteiger partial charge in [-0.25, -0.2) is 0 Å². The van der Waals surface area contributed by atoms with Crippen LogP contribution in [0.5, 0.6) is 0 Å². The van der Waals surface area contributed by atoms with Crippen molar-refractivity contribution in [1.82, 2.24) is 4.90 Å². The molecule has 0 N–H and O–H groups in total. The summed E-state index contributed by atoms with van der Waals surface area (Å²) >= 11 is 1.60. The molecule has 2 nitrogen and oxygen atoms in total. The normalized spacial score (nSPS) is 18.4. The fraction of sp³-hybridized carbons (Fsp3) is 0.400. The van der Waals surface area contributed by atoms with Crippen molar-refractivity contribution in [2.45, 2.75) is 20.3 Å². The standard InChI is InChI=1S/C15H17NOS/c1-15(2)7-8-16(10-15)14(17)13-9-11-5-3-4-6-12(11)18-13/h3-6,9H,7-8,10H2,1-2H3. The van der Waals surface area contributed by atoms with E-state index in [1.165, 1.54) is 10.1 Å². The van der Waals surface area contributed by atoms with Crippen LogP contribution < -0.4 is 0 Å². The van der Waals surface area contributed by atoms with Gasteiger partial charge in [0.1, 0.15) is 0 Å². The fourth-order valence-electron chi connectivity index (χ4n) is 2.53. The van der Waals surface area contributed by atoms with Gasteiger partial charge in [0.15, 0.2) is 0 Å². The van der Waals surface area contributed by atoms with Crippen LogP contribution in [0, 0.1) is 5.41 Å². The summed E-state index contributed by atoms with van der Waals surface area (Å²) in [5.41, 5.74) is 0.270. The van der Waals surface area contributed by atoms with Crippen LogP contribution in [0.15, 0.2) is 30.3 Å². The number of thiophene rings is 1. The molecule has 1 aromatic carbocycles. The first-order valence-corrected chi connectivity index (χ1v) is 7.15. The van der Waals surface area contributed by atoms with Crippen molar-refractivity contribution >= 4 is 27.3 Å². The second kappa shape index (κ2) is 4.09. The van der Waals surface area contributed by atoms with Crippen LogP contribution >= 0.6 is 11.3 Å². The third kappa shape index (κ3) is 2.03. The lowest BCUT2D eigenvalue weighted by Gasteiger charge is -2.19. The van der Waals surface area contributed by atoms with Crippen LogP contribution in [-0.2, 0) is 0 Å². The minimum atomic E-state index is 0.196. The second-order valence-electron chi connectivity index (χ2n) is 5.79. The van der Waals surface area contributed by atoms with Crippen LogP contribution in [-0.4, -0.2) is 23.9 Å². The van der Waals surface area contributed by atoms with Crippen molar-refractivity contribution in [3.63, 3.8) is 0 Å². The summed E-state index contributed by atoms with van der Waals surface area (Å²) in [5, 5.41) is 1.17. The predicted molar refractivity (Wildman–Crippen MR) is 76.1 cm³/mol. The van der Waals surface area contributed by atoms with E-state index in [0.29, 0.717) is 0 Å². The van der Waals surface area contributed by atoms with Gasteiger partial charge in [-0.3, -0.25) is 4.79 Å². The average Bonchev–Trinajstić information content (AvgIpc) is 2.91. The van der Waals surface area contributed by atoms with Gasteiger partial charge < -0.3 is 4.90 Å². The SMILES string of the molecule is CC1(C)CCN(C(=O)c2cc3ccccc3s2)C1. The largest absolute Gasteiger partial charge is 0.337 e. The van der Waals surface area contributed by atoms with Gasteiger partial charge in [0.25, 0.3) is 5.91 Å². The number of likely N-dealkylation sites (tertiary alicyclic amines) is 1. The molecule has 0 radical (unpaired) electrons. The van der Waals surface area contributed by atoms with E-state index in [1.807, 2.05) is 23.1 Å². The van der Waals surface area contributed by atoms with Gasteiger partial charge in [-0.15, -0.1) is 11.3 Å². The van der Waals surface area contributed by atoms with Gasteiger partial charge in [0, 0.05) is 17.8 Å². The molecule has 0 atom stereocenters. The molecule has 0 saturated carbocycles. The Bertz CT molecular complexity index is 566. The Morgan fingerprint density at radius 1 is 1.33 bits per heavy atom. The molecule has 1 aliphatic heterocycles. The van der Waals surface area contributed by atoms with E-state index in [4.69, 9.17) is 0 Å². The molecular formula is C15H17NOS. The summed E-state index contributed by atoms with van der Waals surface area (Å²) in [6.07, 6.45) is 1.10. The number of carbonyl (C=O) groups excluding carboxylic acids is 1. The highest BCUT2D eigenvalue weighted by Gasteiger charge is 2.32. The summed E-state index contributed by atoms with van der Waals surface area (Å²) < 4.78 is 1.19. The van der Waals surface area contributed by atoms with Crippen LogP contribution in [0.2, 0.25) is 0 Å². The molecule has 0 unspecified atom stereocenters. The number of benzene rings is 1. The molecule has 3 rings (SSSR count). The summed E-state index contributed by atoms with van der Waals surface area (Å²) in [7, 11) is 0. The third-order valence-corrected chi connectivity index (χ3v) is 4.70. The lowest BCUT2D eigenvalue weighted by molar-refractivity contribution is 0.0783. The summed E-state index contributed by atoms with van der Waals surface area (Å²) in [5.74, 6) is 0.196. The minimum absolute atomic E-state index is 0.196. The van der Waals surface area contributed by atoms with E-state index in [2.05, 4.69) is 26.0 Å². The van der Waals surface area contributed by atoms with Gasteiger partial charge in [0.2, 0.25) is 0 Å². The zero-order valence-electron chi connectivity index (χ0n) is 10.8. The van der Waals surface area contributed by atoms with E-state index in [-0.39, 0.29) is 11.3 Å². The van der Waals surface area contributed by atoms with Crippen molar-refractivity contribution in [1.29, 1.82) is 0 Å². The number of fused-ring (bicyclic) bond motifs is 1. The Morgan fingerprint density at radius 3 is 2.78 bits per heavy atom. The summed E-state index contributed by atoms with van der Waals surface area (Å²) in [4.78, 5) is 15.3. The van der Waals surface area contributed by atoms with Gasteiger partial charge in [0.05, 0.1) is 4.88 Å². The van der Waals surface area contributed by atoms with Gasteiger partial charge in [-0.1, -0.05) is 32.0 Å². The predicted octanol–water partition coefficient (Wildman–Crippen LogP) is 3.77. The van der Waals surface area contributed by atoms with E-state index in [1.54, 1.807) is 11.3 Å². The molecule has 2 aromatic rings. The zero-order chi connectivity index (χ0) is 12.8. The first kappa shape index (κ1) is 11.7. The van der Waals surface area contributed by atoms with Crippen molar-refractivity contribution in [2.24, 2.45) is 5.41 Å². The van der Waals surface area contributed by atoms with Crippen LogP contribution in [0.4, 0.5) is 0 Å². The van der Waals surface area contributed by atoms with E-state index in [0.717, 1.165) is 24.4 Å². The van der Waals surface area contributed by atoms with Crippen LogP contribution in [0.3, 0.4) is 0 Å². The van der Waals surface area contributed by atoms with Crippen molar-refractivity contribution < 1.29 is 4.79 Å². The van der Waals surface area contributed by atoms with Crippen LogP contribution in [0.1, 0.15) is 29.9 Å². The molecule has 3 heteroatoms. The zero-order valence-corrected chi connectivity index (χ0v) is 11.6. The monoisotopic (exact) mass is 259 g/mol. The Kier molecular flexibility index (Phi) is 2.67.